The number of hydrogen-bond donors (Lipinski definition) is 2. The molecule has 0 fully saturated rings. The monoisotopic (exact) mass is 397 g/mol. The number of carboxylic acid groups (broad SMARTS) is 1. The third kappa shape index (κ3) is 4.46. The minimum atomic E-state index is -1.01. The zero-order chi connectivity index (χ0) is 21.0. The van der Waals surface area contributed by atoms with E-state index in [1.807, 2.05) is 0 Å². The molecule has 0 spiro atoms. The van der Waals surface area contributed by atoms with Gasteiger partial charge in [0.2, 0.25) is 0 Å². The van der Waals surface area contributed by atoms with E-state index < -0.39 is 22.6 Å². The van der Waals surface area contributed by atoms with Gasteiger partial charge in [-0.25, -0.2) is 4.39 Å². The van der Waals surface area contributed by atoms with Crippen LogP contribution in [0.5, 0.6) is 0 Å². The lowest BCUT2D eigenvalue weighted by Crippen LogP contribution is -2.26. The number of carbonyl (C=O) groups is 2. The molecule has 0 aliphatic rings. The maximum Gasteiger partial charge on any atom is 0.303 e. The maximum atomic E-state index is 13.3. The number of nitro benzene ring substituents is 1. The van der Waals surface area contributed by atoms with Gasteiger partial charge in [-0.2, -0.15) is 0 Å². The lowest BCUT2D eigenvalue weighted by atomic mass is 10.1. The van der Waals surface area contributed by atoms with Crippen LogP contribution in [0.1, 0.15) is 22.5 Å². The number of nitro groups is 1. The normalized spacial score (nSPS) is 10.5. The molecule has 29 heavy (non-hydrogen) atoms. The smallest absolute Gasteiger partial charge is 0.303 e. The van der Waals surface area contributed by atoms with Gasteiger partial charge in [0.25, 0.3) is 11.6 Å². The van der Waals surface area contributed by atoms with Crippen LogP contribution in [-0.4, -0.2) is 26.6 Å². The summed E-state index contributed by atoms with van der Waals surface area (Å²) < 4.78 is 14.6. The average Bonchev–Trinajstić information content (AvgIpc) is 3.09. The minimum Gasteiger partial charge on any atom is -0.481 e. The van der Waals surface area contributed by atoms with Gasteiger partial charge in [-0.15, -0.1) is 0 Å². The highest BCUT2D eigenvalue weighted by atomic mass is 19.1. The lowest BCUT2D eigenvalue weighted by Gasteiger charge is -2.15. The number of benzene rings is 2. The maximum absolute atomic E-state index is 13.3. The van der Waals surface area contributed by atoms with Crippen LogP contribution >= 0.6 is 0 Å². The summed E-state index contributed by atoms with van der Waals surface area (Å²) in [4.78, 5) is 34.3. The van der Waals surface area contributed by atoms with Crippen molar-refractivity contribution in [3.05, 3.63) is 87.9 Å². The van der Waals surface area contributed by atoms with Gasteiger partial charge in [0.05, 0.1) is 17.0 Å². The summed E-state index contributed by atoms with van der Waals surface area (Å²) in [5.74, 6) is -2.17. The van der Waals surface area contributed by atoms with Crippen LogP contribution in [0.4, 0.5) is 10.1 Å². The van der Waals surface area contributed by atoms with Crippen LogP contribution in [0.15, 0.2) is 60.7 Å². The van der Waals surface area contributed by atoms with Crippen molar-refractivity contribution in [2.75, 3.05) is 5.43 Å². The van der Waals surface area contributed by atoms with Gasteiger partial charge in [-0.3, -0.25) is 29.8 Å². The molecule has 3 rings (SSSR count). The molecule has 0 aliphatic heterocycles. The first-order valence-corrected chi connectivity index (χ1v) is 8.60. The quantitative estimate of drug-likeness (QED) is 0.467. The van der Waals surface area contributed by atoms with E-state index in [2.05, 4.69) is 5.43 Å². The number of nitrogens with one attached hydrogen (secondary N) is 1. The van der Waals surface area contributed by atoms with Gasteiger partial charge >= 0.3 is 5.97 Å². The molecule has 0 bridgehead atoms. The first-order chi connectivity index (χ1) is 13.9. The predicted molar refractivity (Wildman–Crippen MR) is 103 cm³/mol. The van der Waals surface area contributed by atoms with Gasteiger partial charge in [0, 0.05) is 23.7 Å². The van der Waals surface area contributed by atoms with Crippen molar-refractivity contribution in [2.24, 2.45) is 0 Å². The van der Waals surface area contributed by atoms with Crippen molar-refractivity contribution in [3.8, 4) is 11.3 Å². The Hall–Kier alpha value is -4.01. The van der Waals surface area contributed by atoms with Crippen molar-refractivity contribution in [3.63, 3.8) is 0 Å². The number of aliphatic carboxylic acids is 1. The molecule has 2 N–H and O–H groups in total. The fraction of sp³-hybridized carbons (Fsp3) is 0.100. The van der Waals surface area contributed by atoms with Crippen molar-refractivity contribution < 1.29 is 24.0 Å². The molecule has 1 heterocycles. The molecule has 2 aromatic carbocycles. The lowest BCUT2D eigenvalue weighted by molar-refractivity contribution is -0.385. The number of carbonyl (C=O) groups excluding carboxylic acids is 1. The number of rotatable bonds is 7. The van der Waals surface area contributed by atoms with Crippen LogP contribution in [0, 0.1) is 15.9 Å². The largest absolute Gasteiger partial charge is 0.481 e. The molecule has 148 valence electrons. The Morgan fingerprint density at radius 1 is 1.07 bits per heavy atom. The van der Waals surface area contributed by atoms with Crippen LogP contribution in [0.3, 0.4) is 0 Å². The topological polar surface area (TPSA) is 114 Å². The highest BCUT2D eigenvalue weighted by Gasteiger charge is 2.21. The summed E-state index contributed by atoms with van der Waals surface area (Å²) in [6.07, 6.45) is -0.0537. The molecule has 1 amide bonds. The summed E-state index contributed by atoms with van der Waals surface area (Å²) >= 11 is 0. The Morgan fingerprint density at radius 3 is 2.41 bits per heavy atom. The molecule has 8 nitrogen and oxygen atoms in total. The number of aryl methyl sites for hydroxylation is 1. The van der Waals surface area contributed by atoms with Crippen molar-refractivity contribution >= 4 is 17.6 Å². The van der Waals surface area contributed by atoms with E-state index in [4.69, 9.17) is 5.11 Å². The number of amides is 1. The number of hydrogen-bond acceptors (Lipinski definition) is 4. The molecule has 1 aromatic heterocycles. The number of para-hydroxylation sites is 1. The van der Waals surface area contributed by atoms with Crippen molar-refractivity contribution in [1.29, 1.82) is 0 Å². The summed E-state index contributed by atoms with van der Waals surface area (Å²) in [6.45, 7) is 0. The molecular weight excluding hydrogens is 381 g/mol. The molecule has 9 heteroatoms. The van der Waals surface area contributed by atoms with Crippen LogP contribution in [0.25, 0.3) is 11.3 Å². The first kappa shape index (κ1) is 19.7. The van der Waals surface area contributed by atoms with E-state index in [0.717, 1.165) is 0 Å². The second-order valence-electron chi connectivity index (χ2n) is 6.16. The van der Waals surface area contributed by atoms with E-state index in [-0.39, 0.29) is 24.1 Å². The molecule has 0 saturated carbocycles. The Bertz CT molecular complexity index is 1080. The zero-order valence-electron chi connectivity index (χ0n) is 15.0. The van der Waals surface area contributed by atoms with Crippen LogP contribution < -0.4 is 5.43 Å². The van der Waals surface area contributed by atoms with Crippen molar-refractivity contribution in [1.82, 2.24) is 4.68 Å². The number of carboxylic acids is 1. The summed E-state index contributed by atoms with van der Waals surface area (Å²) in [7, 11) is 0. The molecule has 0 aliphatic carbocycles. The summed E-state index contributed by atoms with van der Waals surface area (Å²) in [6, 6.07) is 14.3. The van der Waals surface area contributed by atoms with E-state index in [9.17, 15) is 24.1 Å². The highest BCUT2D eigenvalue weighted by molar-refractivity contribution is 6.03. The Morgan fingerprint density at radius 2 is 1.76 bits per heavy atom. The standard InChI is InChI=1S/C20H16FN3O5/c21-14-7-5-13(6-8-14)17-11-9-15(10-12-19(25)26)23(17)22-20(27)16-3-1-2-4-18(16)24(28)29/h1-9,11H,10,12H2,(H,22,27)(H,25,26). The molecule has 0 atom stereocenters. The number of halogens is 1. The Labute approximate surface area is 164 Å². The van der Waals surface area contributed by atoms with E-state index in [1.165, 1.54) is 53.2 Å². The summed E-state index contributed by atoms with van der Waals surface area (Å²) in [5.41, 5.74) is 3.65. The average molecular weight is 397 g/mol. The zero-order valence-corrected chi connectivity index (χ0v) is 15.0. The fourth-order valence-corrected chi connectivity index (χ4v) is 2.87. The SMILES string of the molecule is O=C(O)CCc1ccc(-c2ccc(F)cc2)n1NC(=O)c1ccccc1[N+](=O)[O-]. The molecule has 0 unspecified atom stereocenters. The third-order valence-electron chi connectivity index (χ3n) is 4.26. The van der Waals surface area contributed by atoms with E-state index in [0.29, 0.717) is 17.0 Å². The molecular formula is C20H16FN3O5. The van der Waals surface area contributed by atoms with Gasteiger partial charge in [-0.05, 0) is 42.5 Å². The third-order valence-corrected chi connectivity index (χ3v) is 4.26. The number of nitrogens with zero attached hydrogens (tertiary/aromatic N) is 2. The van der Waals surface area contributed by atoms with Gasteiger partial charge in [-0.1, -0.05) is 12.1 Å². The van der Waals surface area contributed by atoms with Crippen LogP contribution in [-0.2, 0) is 11.2 Å². The van der Waals surface area contributed by atoms with Gasteiger partial charge in [0.1, 0.15) is 11.4 Å². The second kappa shape index (κ2) is 8.34. The Kier molecular flexibility index (Phi) is 5.68. The van der Waals surface area contributed by atoms with E-state index >= 15 is 0 Å². The van der Waals surface area contributed by atoms with Gasteiger partial charge < -0.3 is 5.11 Å². The molecule has 0 saturated heterocycles. The van der Waals surface area contributed by atoms with E-state index in [1.54, 1.807) is 12.1 Å². The fourth-order valence-electron chi connectivity index (χ4n) is 2.87. The van der Waals surface area contributed by atoms with Gasteiger partial charge in [0.15, 0.2) is 0 Å². The molecule has 3 aromatic rings. The highest BCUT2D eigenvalue weighted by Crippen LogP contribution is 2.24. The summed E-state index contributed by atoms with van der Waals surface area (Å²) in [5, 5.41) is 20.2. The minimum absolute atomic E-state index is 0.119. The van der Waals surface area contributed by atoms with Crippen LogP contribution in [0.2, 0.25) is 0 Å². The Balaban J connectivity index is 2.00. The molecule has 0 radical (unpaired) electrons. The second-order valence-corrected chi connectivity index (χ2v) is 6.16. The predicted octanol–water partition coefficient (Wildman–Crippen LogP) is 3.60. The number of aromatic nitrogens is 1. The first-order valence-electron chi connectivity index (χ1n) is 8.60. The van der Waals surface area contributed by atoms with Crippen molar-refractivity contribution in [2.45, 2.75) is 12.8 Å².